The van der Waals surface area contributed by atoms with Crippen LogP contribution >= 0.6 is 0 Å². The first-order valence-electron chi connectivity index (χ1n) is 10.9. The molecule has 2 amide bonds. The number of fused-ring (bicyclic) bond motifs is 1. The summed E-state index contributed by atoms with van der Waals surface area (Å²) in [7, 11) is 0. The van der Waals surface area contributed by atoms with Gasteiger partial charge in [-0.1, -0.05) is 25.6 Å². The molecule has 2 fully saturated rings. The van der Waals surface area contributed by atoms with Crippen LogP contribution in [0.3, 0.4) is 0 Å². The summed E-state index contributed by atoms with van der Waals surface area (Å²) < 4.78 is 14.0. The maximum Gasteiger partial charge on any atom is 0.245 e. The molecule has 0 radical (unpaired) electrons. The number of carbonyl (C=O) groups excluding carboxylic acids is 2. The van der Waals surface area contributed by atoms with Crippen LogP contribution in [0.1, 0.15) is 44.1 Å². The second-order valence-corrected chi connectivity index (χ2v) is 8.66. The first-order chi connectivity index (χ1) is 14.5. The third-order valence-electron chi connectivity index (χ3n) is 7.07. The number of para-hydroxylation sites is 1. The van der Waals surface area contributed by atoms with Crippen LogP contribution in [-0.2, 0) is 9.59 Å². The molecule has 2 aromatic rings. The Labute approximate surface area is 176 Å². The van der Waals surface area contributed by atoms with Crippen molar-refractivity contribution >= 4 is 22.7 Å². The van der Waals surface area contributed by atoms with Gasteiger partial charge >= 0.3 is 0 Å². The van der Waals surface area contributed by atoms with E-state index in [2.05, 4.69) is 11.6 Å². The highest BCUT2D eigenvalue weighted by molar-refractivity contribution is 5.87. The molecule has 3 heterocycles. The molecule has 1 unspecified atom stereocenters. The minimum absolute atomic E-state index is 0.0216. The fraction of sp³-hybridized carbons (Fsp3) is 0.500. The number of aromatic amines is 1. The largest absolute Gasteiger partial charge is 0.359 e. The average molecular weight is 412 g/mol. The Hall–Kier alpha value is -2.63. The summed E-state index contributed by atoms with van der Waals surface area (Å²) in [4.78, 5) is 31.7. The zero-order chi connectivity index (χ0) is 21.3. The molecule has 1 N–H and O–H groups in total. The first-order valence-corrected chi connectivity index (χ1v) is 10.9. The number of piperidine rings is 2. The van der Waals surface area contributed by atoms with Crippen molar-refractivity contribution in [1.82, 2.24) is 14.8 Å². The third-order valence-corrected chi connectivity index (χ3v) is 7.07. The number of amides is 2. The van der Waals surface area contributed by atoms with Crippen LogP contribution in [0, 0.1) is 17.7 Å². The van der Waals surface area contributed by atoms with Gasteiger partial charge in [0, 0.05) is 43.7 Å². The molecule has 0 aliphatic carbocycles. The highest BCUT2D eigenvalue weighted by atomic mass is 19.1. The number of hydrogen-bond acceptors (Lipinski definition) is 2. The fourth-order valence-electron chi connectivity index (χ4n) is 5.13. The molecule has 1 atom stereocenters. The fourth-order valence-corrected chi connectivity index (χ4v) is 5.13. The summed E-state index contributed by atoms with van der Waals surface area (Å²) in [6.07, 6.45) is 6.81. The lowest BCUT2D eigenvalue weighted by atomic mass is 9.83. The Morgan fingerprint density at radius 1 is 1.13 bits per heavy atom. The van der Waals surface area contributed by atoms with E-state index in [1.165, 1.54) is 12.1 Å². The van der Waals surface area contributed by atoms with Crippen LogP contribution in [0.2, 0.25) is 0 Å². The predicted molar refractivity (Wildman–Crippen MR) is 115 cm³/mol. The molecule has 2 saturated heterocycles. The summed E-state index contributed by atoms with van der Waals surface area (Å²) in [5.41, 5.74) is 1.73. The highest BCUT2D eigenvalue weighted by Gasteiger charge is 2.33. The maximum atomic E-state index is 14.0. The van der Waals surface area contributed by atoms with Crippen molar-refractivity contribution in [1.29, 1.82) is 0 Å². The first kappa shape index (κ1) is 20.6. The van der Waals surface area contributed by atoms with Crippen molar-refractivity contribution in [3.63, 3.8) is 0 Å². The highest BCUT2D eigenvalue weighted by Crippen LogP contribution is 2.35. The van der Waals surface area contributed by atoms with E-state index in [4.69, 9.17) is 0 Å². The van der Waals surface area contributed by atoms with Gasteiger partial charge in [0.15, 0.2) is 0 Å². The Morgan fingerprint density at radius 3 is 2.47 bits per heavy atom. The molecule has 5 nitrogen and oxygen atoms in total. The Kier molecular flexibility index (Phi) is 5.93. The van der Waals surface area contributed by atoms with E-state index in [0.717, 1.165) is 49.7 Å². The van der Waals surface area contributed by atoms with E-state index in [-0.39, 0.29) is 23.5 Å². The molecule has 0 spiro atoms. The lowest BCUT2D eigenvalue weighted by Crippen LogP contribution is -2.45. The number of H-pyrrole nitrogens is 1. The number of nitrogens with one attached hydrogen (secondary N) is 1. The number of nitrogens with zero attached hydrogens (tertiary/aromatic N) is 2. The second-order valence-electron chi connectivity index (χ2n) is 8.66. The molecule has 2 aliphatic rings. The maximum absolute atomic E-state index is 14.0. The number of carbonyl (C=O) groups is 2. The zero-order valence-electron chi connectivity index (χ0n) is 17.6. The van der Waals surface area contributed by atoms with E-state index in [9.17, 15) is 14.0 Å². The van der Waals surface area contributed by atoms with Gasteiger partial charge in [0.1, 0.15) is 5.82 Å². The molecule has 6 heteroatoms. The van der Waals surface area contributed by atoms with Gasteiger partial charge in [0.05, 0.1) is 5.52 Å². The van der Waals surface area contributed by atoms with Crippen molar-refractivity contribution in [2.75, 3.05) is 26.2 Å². The van der Waals surface area contributed by atoms with Crippen LogP contribution in [0.15, 0.2) is 37.1 Å². The molecule has 0 bridgehead atoms. The van der Waals surface area contributed by atoms with Gasteiger partial charge < -0.3 is 14.8 Å². The van der Waals surface area contributed by atoms with Crippen molar-refractivity contribution in [3.05, 3.63) is 48.4 Å². The number of benzene rings is 1. The standard InChI is InChI=1S/C24H30FN3O2/c1-3-22(29)27-11-7-17(8-12-27)16(2)24(30)28-13-9-18(10-14-28)20-15-26-23-19(20)5-4-6-21(23)25/h3-6,15-18,26H,1,7-14H2,2H3. The summed E-state index contributed by atoms with van der Waals surface area (Å²) in [6, 6.07) is 5.19. The average Bonchev–Trinajstić information content (AvgIpc) is 3.23. The third kappa shape index (κ3) is 3.87. The normalized spacial score (nSPS) is 19.8. The number of halogens is 1. The van der Waals surface area contributed by atoms with E-state index in [0.29, 0.717) is 30.4 Å². The number of rotatable bonds is 4. The Balaban J connectivity index is 1.33. The molecular weight excluding hydrogens is 381 g/mol. The van der Waals surface area contributed by atoms with Crippen molar-refractivity contribution in [2.24, 2.45) is 11.8 Å². The van der Waals surface area contributed by atoms with Crippen LogP contribution in [0.4, 0.5) is 4.39 Å². The lowest BCUT2D eigenvalue weighted by Gasteiger charge is -2.38. The second kappa shape index (κ2) is 8.62. The molecule has 30 heavy (non-hydrogen) atoms. The number of likely N-dealkylation sites (tertiary alicyclic amines) is 2. The molecule has 1 aromatic heterocycles. The van der Waals surface area contributed by atoms with Crippen LogP contribution in [0.5, 0.6) is 0 Å². The van der Waals surface area contributed by atoms with Gasteiger partial charge in [-0.3, -0.25) is 9.59 Å². The number of hydrogen-bond donors (Lipinski definition) is 1. The predicted octanol–water partition coefficient (Wildman–Crippen LogP) is 4.07. The quantitative estimate of drug-likeness (QED) is 0.771. The summed E-state index contributed by atoms with van der Waals surface area (Å²) in [6.45, 7) is 8.47. The van der Waals surface area contributed by atoms with Crippen LogP contribution in [-0.4, -0.2) is 52.8 Å². The molecule has 4 rings (SSSR count). The molecule has 160 valence electrons. The van der Waals surface area contributed by atoms with Gasteiger partial charge in [0.25, 0.3) is 0 Å². The van der Waals surface area contributed by atoms with Crippen molar-refractivity contribution in [2.45, 2.75) is 38.5 Å². The Morgan fingerprint density at radius 2 is 1.80 bits per heavy atom. The minimum atomic E-state index is -0.221. The van der Waals surface area contributed by atoms with Crippen LogP contribution in [0.25, 0.3) is 10.9 Å². The molecule has 1 aromatic carbocycles. The van der Waals surface area contributed by atoms with Gasteiger partial charge in [-0.2, -0.15) is 0 Å². The minimum Gasteiger partial charge on any atom is -0.359 e. The van der Waals surface area contributed by atoms with Crippen molar-refractivity contribution in [3.8, 4) is 0 Å². The molecular formula is C24H30FN3O2. The van der Waals surface area contributed by atoms with Crippen LogP contribution < -0.4 is 0 Å². The van der Waals surface area contributed by atoms with E-state index in [1.807, 2.05) is 29.0 Å². The van der Waals surface area contributed by atoms with E-state index in [1.54, 1.807) is 6.07 Å². The topological polar surface area (TPSA) is 56.4 Å². The van der Waals surface area contributed by atoms with E-state index >= 15 is 0 Å². The van der Waals surface area contributed by atoms with Gasteiger partial charge in [-0.05, 0) is 55.2 Å². The SMILES string of the molecule is C=CC(=O)N1CCC(C(C)C(=O)N2CCC(c3c[nH]c4c(F)cccc34)CC2)CC1. The molecule has 2 aliphatic heterocycles. The van der Waals surface area contributed by atoms with Gasteiger partial charge in [-0.15, -0.1) is 0 Å². The smallest absolute Gasteiger partial charge is 0.245 e. The van der Waals surface area contributed by atoms with Gasteiger partial charge in [-0.25, -0.2) is 4.39 Å². The van der Waals surface area contributed by atoms with Crippen molar-refractivity contribution < 1.29 is 14.0 Å². The lowest BCUT2D eigenvalue weighted by molar-refractivity contribution is -0.138. The Bertz CT molecular complexity index is 937. The number of aromatic nitrogens is 1. The summed E-state index contributed by atoms with van der Waals surface area (Å²) >= 11 is 0. The summed E-state index contributed by atoms with van der Waals surface area (Å²) in [5, 5.41) is 0.953. The zero-order valence-corrected chi connectivity index (χ0v) is 17.6. The monoisotopic (exact) mass is 411 g/mol. The molecule has 0 saturated carbocycles. The van der Waals surface area contributed by atoms with E-state index < -0.39 is 0 Å². The summed E-state index contributed by atoms with van der Waals surface area (Å²) in [5.74, 6) is 0.623. The van der Waals surface area contributed by atoms with Gasteiger partial charge in [0.2, 0.25) is 11.8 Å².